The molecule has 168 valence electrons. The van der Waals surface area contributed by atoms with Crippen LogP contribution in [0.2, 0.25) is 10.0 Å². The van der Waals surface area contributed by atoms with Crippen LogP contribution in [-0.4, -0.2) is 41.7 Å². The molecule has 0 aliphatic rings. The fourth-order valence-corrected chi connectivity index (χ4v) is 4.39. The number of hydrogen-bond donors (Lipinski definition) is 1. The van der Waals surface area contributed by atoms with E-state index in [1.807, 2.05) is 44.2 Å². The number of methoxy groups -OCH3 is 1. The summed E-state index contributed by atoms with van der Waals surface area (Å²) < 4.78 is 5.28. The van der Waals surface area contributed by atoms with Crippen molar-refractivity contribution in [1.82, 2.24) is 10.2 Å². The molecular formula is C23H28Cl2N2O3S. The van der Waals surface area contributed by atoms with E-state index in [2.05, 4.69) is 5.32 Å². The lowest BCUT2D eigenvalue weighted by Gasteiger charge is -2.29. The van der Waals surface area contributed by atoms with Crippen molar-refractivity contribution in [3.63, 3.8) is 0 Å². The largest absolute Gasteiger partial charge is 0.497 e. The maximum atomic E-state index is 13.1. The minimum absolute atomic E-state index is 0.00913. The van der Waals surface area contributed by atoms with Gasteiger partial charge in [-0.25, -0.2) is 0 Å². The molecule has 31 heavy (non-hydrogen) atoms. The van der Waals surface area contributed by atoms with Crippen LogP contribution in [0.4, 0.5) is 0 Å². The number of nitrogens with one attached hydrogen (secondary N) is 1. The van der Waals surface area contributed by atoms with Gasteiger partial charge >= 0.3 is 0 Å². The standard InChI is InChI=1S/C23H28Cl2N2O3S/c1-15(2)26-23(29)16(3)27(12-17-6-5-7-20(10-17)30-4)22(28)14-31-13-18-8-9-19(24)11-21(18)25/h5-11,15-16H,12-14H2,1-4H3,(H,26,29). The van der Waals surface area contributed by atoms with Crippen molar-refractivity contribution in [3.8, 4) is 5.75 Å². The Morgan fingerprint density at radius 2 is 1.87 bits per heavy atom. The molecule has 2 aromatic carbocycles. The number of halogens is 2. The molecule has 5 nitrogen and oxygen atoms in total. The van der Waals surface area contributed by atoms with Gasteiger partial charge in [-0.1, -0.05) is 41.4 Å². The Kier molecular flexibility index (Phi) is 10.0. The first kappa shape index (κ1) is 25.4. The van der Waals surface area contributed by atoms with E-state index >= 15 is 0 Å². The Morgan fingerprint density at radius 1 is 1.13 bits per heavy atom. The smallest absolute Gasteiger partial charge is 0.242 e. The Labute approximate surface area is 198 Å². The quantitative estimate of drug-likeness (QED) is 0.506. The van der Waals surface area contributed by atoms with Gasteiger partial charge in [0.1, 0.15) is 11.8 Å². The highest BCUT2D eigenvalue weighted by atomic mass is 35.5. The summed E-state index contributed by atoms with van der Waals surface area (Å²) in [7, 11) is 1.60. The van der Waals surface area contributed by atoms with Crippen molar-refractivity contribution in [2.45, 2.75) is 45.2 Å². The number of rotatable bonds is 10. The molecule has 8 heteroatoms. The summed E-state index contributed by atoms with van der Waals surface area (Å²) in [4.78, 5) is 27.3. The lowest BCUT2D eigenvalue weighted by atomic mass is 10.1. The first-order valence-corrected chi connectivity index (χ1v) is 11.9. The molecule has 0 aromatic heterocycles. The maximum absolute atomic E-state index is 13.1. The molecule has 2 aromatic rings. The number of carbonyl (C=O) groups is 2. The average Bonchev–Trinajstić information content (AvgIpc) is 2.72. The van der Waals surface area contributed by atoms with Crippen LogP contribution in [0, 0.1) is 0 Å². The molecule has 0 saturated carbocycles. The Morgan fingerprint density at radius 3 is 2.52 bits per heavy atom. The van der Waals surface area contributed by atoms with E-state index < -0.39 is 6.04 Å². The van der Waals surface area contributed by atoms with Crippen molar-refractivity contribution in [1.29, 1.82) is 0 Å². The molecule has 0 aliphatic heterocycles. The summed E-state index contributed by atoms with van der Waals surface area (Å²) >= 11 is 13.6. The van der Waals surface area contributed by atoms with Gasteiger partial charge in [-0.2, -0.15) is 0 Å². The minimum atomic E-state index is -0.610. The third-order valence-corrected chi connectivity index (χ3v) is 6.14. The second-order valence-electron chi connectivity index (χ2n) is 7.44. The van der Waals surface area contributed by atoms with Gasteiger partial charge in [-0.3, -0.25) is 9.59 Å². The van der Waals surface area contributed by atoms with Gasteiger partial charge in [0, 0.05) is 28.4 Å². The summed E-state index contributed by atoms with van der Waals surface area (Å²) in [5, 5.41) is 4.03. The van der Waals surface area contributed by atoms with Crippen LogP contribution < -0.4 is 10.1 Å². The highest BCUT2D eigenvalue weighted by Gasteiger charge is 2.26. The molecule has 1 N–H and O–H groups in total. The van der Waals surface area contributed by atoms with E-state index in [1.54, 1.807) is 31.1 Å². The zero-order chi connectivity index (χ0) is 23.0. The lowest BCUT2D eigenvalue weighted by molar-refractivity contribution is -0.138. The van der Waals surface area contributed by atoms with Crippen LogP contribution >= 0.6 is 35.0 Å². The van der Waals surface area contributed by atoms with Crippen LogP contribution in [0.1, 0.15) is 31.9 Å². The summed E-state index contributed by atoms with van der Waals surface area (Å²) in [6, 6.07) is 12.2. The molecule has 2 amide bonds. The van der Waals surface area contributed by atoms with E-state index in [1.165, 1.54) is 11.8 Å². The third-order valence-electron chi connectivity index (χ3n) is 4.58. The first-order chi connectivity index (χ1) is 14.7. The van der Waals surface area contributed by atoms with Gasteiger partial charge in [-0.15, -0.1) is 11.8 Å². The van der Waals surface area contributed by atoms with Crippen molar-refractivity contribution < 1.29 is 14.3 Å². The Balaban J connectivity index is 2.11. The summed E-state index contributed by atoms with van der Waals surface area (Å²) in [6.07, 6.45) is 0. The second-order valence-corrected chi connectivity index (χ2v) is 9.27. The molecule has 0 saturated heterocycles. The third kappa shape index (κ3) is 7.95. The topological polar surface area (TPSA) is 58.6 Å². The normalized spacial score (nSPS) is 11.8. The van der Waals surface area contributed by atoms with Crippen LogP contribution in [0.25, 0.3) is 0 Å². The molecule has 2 rings (SSSR count). The second kappa shape index (κ2) is 12.2. The predicted molar refractivity (Wildman–Crippen MR) is 129 cm³/mol. The van der Waals surface area contributed by atoms with Crippen molar-refractivity contribution in [2.24, 2.45) is 0 Å². The zero-order valence-corrected chi connectivity index (χ0v) is 20.5. The van der Waals surface area contributed by atoms with E-state index in [0.29, 0.717) is 28.1 Å². The number of thioether (sulfide) groups is 1. The van der Waals surface area contributed by atoms with Crippen molar-refractivity contribution >= 4 is 46.8 Å². The average molecular weight is 483 g/mol. The van der Waals surface area contributed by atoms with Crippen molar-refractivity contribution in [2.75, 3.05) is 12.9 Å². The minimum Gasteiger partial charge on any atom is -0.497 e. The molecule has 1 unspecified atom stereocenters. The van der Waals surface area contributed by atoms with Crippen LogP contribution in [0.3, 0.4) is 0 Å². The monoisotopic (exact) mass is 482 g/mol. The zero-order valence-electron chi connectivity index (χ0n) is 18.2. The summed E-state index contributed by atoms with van der Waals surface area (Å²) in [6.45, 7) is 5.84. The van der Waals surface area contributed by atoms with Gasteiger partial charge in [-0.05, 0) is 56.2 Å². The number of ether oxygens (including phenoxy) is 1. The molecule has 0 radical (unpaired) electrons. The van der Waals surface area contributed by atoms with Gasteiger partial charge in [0.05, 0.1) is 12.9 Å². The number of nitrogens with zero attached hydrogens (tertiary/aromatic N) is 1. The van der Waals surface area contributed by atoms with E-state index in [-0.39, 0.29) is 23.6 Å². The molecular weight excluding hydrogens is 455 g/mol. The van der Waals surface area contributed by atoms with E-state index in [4.69, 9.17) is 27.9 Å². The molecule has 0 aliphatic carbocycles. The number of hydrogen-bond acceptors (Lipinski definition) is 4. The highest BCUT2D eigenvalue weighted by molar-refractivity contribution is 7.99. The molecule has 0 bridgehead atoms. The molecule has 0 heterocycles. The van der Waals surface area contributed by atoms with E-state index in [9.17, 15) is 9.59 Å². The predicted octanol–water partition coefficient (Wildman–Crippen LogP) is 5.18. The van der Waals surface area contributed by atoms with Gasteiger partial charge in [0.25, 0.3) is 0 Å². The van der Waals surface area contributed by atoms with Gasteiger partial charge < -0.3 is 15.0 Å². The fourth-order valence-electron chi connectivity index (χ4n) is 2.93. The van der Waals surface area contributed by atoms with Gasteiger partial charge in [0.15, 0.2) is 0 Å². The number of benzene rings is 2. The SMILES string of the molecule is COc1cccc(CN(C(=O)CSCc2ccc(Cl)cc2Cl)C(C)C(=O)NC(C)C)c1. The first-order valence-electron chi connectivity index (χ1n) is 9.95. The summed E-state index contributed by atoms with van der Waals surface area (Å²) in [5.74, 6) is 1.20. The Hall–Kier alpha value is -1.89. The molecule has 0 fully saturated rings. The van der Waals surface area contributed by atoms with E-state index in [0.717, 1.165) is 11.1 Å². The van der Waals surface area contributed by atoms with Crippen LogP contribution in [0.15, 0.2) is 42.5 Å². The van der Waals surface area contributed by atoms with Crippen LogP contribution in [0.5, 0.6) is 5.75 Å². The van der Waals surface area contributed by atoms with Crippen LogP contribution in [-0.2, 0) is 21.9 Å². The maximum Gasteiger partial charge on any atom is 0.242 e. The Bertz CT molecular complexity index is 908. The number of amides is 2. The highest BCUT2D eigenvalue weighted by Crippen LogP contribution is 2.25. The summed E-state index contributed by atoms with van der Waals surface area (Å²) in [5.41, 5.74) is 1.80. The fraction of sp³-hybridized carbons (Fsp3) is 0.391. The molecule has 1 atom stereocenters. The van der Waals surface area contributed by atoms with Crippen molar-refractivity contribution in [3.05, 3.63) is 63.6 Å². The lowest BCUT2D eigenvalue weighted by Crippen LogP contribution is -2.49. The van der Waals surface area contributed by atoms with Gasteiger partial charge in [0.2, 0.25) is 11.8 Å². The number of carbonyl (C=O) groups excluding carboxylic acids is 2. The molecule has 0 spiro atoms.